The highest BCUT2D eigenvalue weighted by Gasteiger charge is 2.12. The molecule has 0 saturated carbocycles. The predicted octanol–water partition coefficient (Wildman–Crippen LogP) is 3.82. The molecule has 0 atom stereocenters. The maximum atomic E-state index is 5.32. The number of nitrogens with zero attached hydrogens (tertiary/aromatic N) is 5. The summed E-state index contributed by atoms with van der Waals surface area (Å²) in [4.78, 5) is 13.8. The molecule has 7 nitrogen and oxygen atoms in total. The molecule has 1 aliphatic heterocycles. The van der Waals surface area contributed by atoms with Gasteiger partial charge in [-0.05, 0) is 43.9 Å². The summed E-state index contributed by atoms with van der Waals surface area (Å²) in [6.45, 7) is 10.8. The van der Waals surface area contributed by atoms with Crippen LogP contribution in [-0.4, -0.2) is 54.2 Å². The molecule has 1 fully saturated rings. The number of hydrogen-bond donors (Lipinski definition) is 1. The quantitative estimate of drug-likeness (QED) is 0.525. The molecule has 0 spiro atoms. The highest BCUT2D eigenvalue weighted by Crippen LogP contribution is 2.20. The summed E-state index contributed by atoms with van der Waals surface area (Å²) >= 11 is 0. The first-order valence-corrected chi connectivity index (χ1v) is 11.2. The Labute approximate surface area is 180 Å². The van der Waals surface area contributed by atoms with Crippen molar-refractivity contribution in [2.24, 2.45) is 4.99 Å². The summed E-state index contributed by atoms with van der Waals surface area (Å²) in [5.74, 6) is 2.57. The van der Waals surface area contributed by atoms with Crippen LogP contribution in [0.1, 0.15) is 63.2 Å². The predicted molar refractivity (Wildman–Crippen MR) is 122 cm³/mol. The number of hydrogen-bond acceptors (Lipinski definition) is 5. The minimum Gasteiger partial charge on any atom is -0.372 e. The highest BCUT2D eigenvalue weighted by atomic mass is 16.5. The number of anilines is 1. The topological polar surface area (TPSA) is 69.8 Å². The van der Waals surface area contributed by atoms with Crippen LogP contribution in [-0.2, 0) is 13.0 Å². The van der Waals surface area contributed by atoms with E-state index in [0.717, 1.165) is 24.9 Å². The van der Waals surface area contributed by atoms with E-state index in [2.05, 4.69) is 77.3 Å². The second-order valence-corrected chi connectivity index (χ2v) is 8.26. The van der Waals surface area contributed by atoms with Gasteiger partial charge in [0.1, 0.15) is 0 Å². The largest absolute Gasteiger partial charge is 0.372 e. The number of benzene rings is 1. The molecule has 0 unspecified atom stereocenters. The monoisotopic (exact) mass is 412 g/mol. The van der Waals surface area contributed by atoms with Crippen LogP contribution in [0, 0.1) is 0 Å². The Kier molecular flexibility index (Phi) is 8.11. The summed E-state index contributed by atoms with van der Waals surface area (Å²) in [5, 5.41) is 7.39. The highest BCUT2D eigenvalue weighted by molar-refractivity contribution is 5.79. The molecule has 1 aromatic carbocycles. The molecule has 2 aromatic rings. The third kappa shape index (κ3) is 6.21. The van der Waals surface area contributed by atoms with E-state index in [9.17, 15) is 0 Å². The van der Waals surface area contributed by atoms with Crippen molar-refractivity contribution in [1.82, 2.24) is 20.4 Å². The van der Waals surface area contributed by atoms with Gasteiger partial charge < -0.3 is 19.6 Å². The van der Waals surface area contributed by atoms with Crippen LogP contribution in [0.2, 0.25) is 0 Å². The maximum Gasteiger partial charge on any atom is 0.228 e. The summed E-state index contributed by atoms with van der Waals surface area (Å²) in [6, 6.07) is 8.96. The number of piperidine rings is 1. The second-order valence-electron chi connectivity index (χ2n) is 8.26. The van der Waals surface area contributed by atoms with Crippen molar-refractivity contribution in [1.29, 1.82) is 0 Å². The van der Waals surface area contributed by atoms with E-state index in [-0.39, 0.29) is 5.92 Å². The molecule has 0 amide bonds. The summed E-state index contributed by atoms with van der Waals surface area (Å²) < 4.78 is 5.32. The molecule has 0 bridgehead atoms. The molecule has 1 aliphatic rings. The van der Waals surface area contributed by atoms with Gasteiger partial charge in [-0.1, -0.05) is 31.1 Å². The second kappa shape index (κ2) is 11.0. The van der Waals surface area contributed by atoms with E-state index in [4.69, 9.17) is 9.52 Å². The van der Waals surface area contributed by atoms with Gasteiger partial charge in [-0.2, -0.15) is 4.98 Å². The standard InChI is InChI=1S/C23H36N6O/c1-5-24-23(25-14-13-21-26-22(18(2)3)27-30-21)28(4)17-19-9-11-20(12-10-19)29-15-7-6-8-16-29/h9-12,18H,5-8,13-17H2,1-4H3,(H,24,25). The molecule has 1 aromatic heterocycles. The van der Waals surface area contributed by atoms with Gasteiger partial charge in [-0.3, -0.25) is 4.99 Å². The fourth-order valence-electron chi connectivity index (χ4n) is 3.64. The van der Waals surface area contributed by atoms with Gasteiger partial charge in [-0.25, -0.2) is 0 Å². The zero-order valence-corrected chi connectivity index (χ0v) is 18.9. The number of aliphatic imine (C=N–C) groups is 1. The zero-order valence-electron chi connectivity index (χ0n) is 18.9. The third-order valence-corrected chi connectivity index (χ3v) is 5.36. The molecule has 1 N–H and O–H groups in total. The Balaban J connectivity index is 1.55. The van der Waals surface area contributed by atoms with Gasteiger partial charge in [-0.15, -0.1) is 0 Å². The normalized spacial score (nSPS) is 15.0. The lowest BCUT2D eigenvalue weighted by Gasteiger charge is -2.29. The number of aromatic nitrogens is 2. The van der Waals surface area contributed by atoms with Crippen LogP contribution in [0.25, 0.3) is 0 Å². The lowest BCUT2D eigenvalue weighted by molar-refractivity contribution is 0.372. The van der Waals surface area contributed by atoms with Crippen molar-refractivity contribution in [3.8, 4) is 0 Å². The average Bonchev–Trinajstić information content (AvgIpc) is 3.24. The van der Waals surface area contributed by atoms with Crippen LogP contribution in [0.4, 0.5) is 5.69 Å². The van der Waals surface area contributed by atoms with Crippen LogP contribution in [0.5, 0.6) is 0 Å². The number of rotatable bonds is 8. The Morgan fingerprint density at radius 1 is 1.20 bits per heavy atom. The van der Waals surface area contributed by atoms with Crippen molar-refractivity contribution in [2.75, 3.05) is 38.1 Å². The van der Waals surface area contributed by atoms with Gasteiger partial charge in [0.25, 0.3) is 0 Å². The Bertz CT molecular complexity index is 792. The lowest BCUT2D eigenvalue weighted by atomic mass is 10.1. The van der Waals surface area contributed by atoms with Crippen LogP contribution in [0.3, 0.4) is 0 Å². The molecular formula is C23H36N6O. The van der Waals surface area contributed by atoms with E-state index in [1.807, 2.05) is 0 Å². The Morgan fingerprint density at radius 3 is 2.57 bits per heavy atom. The van der Waals surface area contributed by atoms with Gasteiger partial charge in [0.2, 0.25) is 5.89 Å². The van der Waals surface area contributed by atoms with Crippen LogP contribution < -0.4 is 10.2 Å². The molecule has 3 rings (SSSR count). The SMILES string of the molecule is CCNC(=NCCc1nc(C(C)C)no1)N(C)Cc1ccc(N2CCCCC2)cc1. The molecule has 1 saturated heterocycles. The summed E-state index contributed by atoms with van der Waals surface area (Å²) in [7, 11) is 2.07. The molecule has 7 heteroatoms. The Morgan fingerprint density at radius 2 is 1.93 bits per heavy atom. The Hall–Kier alpha value is -2.57. The van der Waals surface area contributed by atoms with E-state index in [1.54, 1.807) is 0 Å². The summed E-state index contributed by atoms with van der Waals surface area (Å²) in [5.41, 5.74) is 2.62. The average molecular weight is 413 g/mol. The van der Waals surface area contributed by atoms with Crippen molar-refractivity contribution >= 4 is 11.6 Å². The van der Waals surface area contributed by atoms with Crippen molar-refractivity contribution in [3.05, 3.63) is 41.5 Å². The van der Waals surface area contributed by atoms with E-state index < -0.39 is 0 Å². The molecule has 2 heterocycles. The molecular weight excluding hydrogens is 376 g/mol. The molecule has 30 heavy (non-hydrogen) atoms. The first kappa shape index (κ1) is 22.1. The fourth-order valence-corrected chi connectivity index (χ4v) is 3.64. The van der Waals surface area contributed by atoms with Gasteiger partial charge in [0, 0.05) is 51.3 Å². The summed E-state index contributed by atoms with van der Waals surface area (Å²) in [6.07, 6.45) is 4.61. The van der Waals surface area contributed by atoms with Gasteiger partial charge >= 0.3 is 0 Å². The van der Waals surface area contributed by atoms with Crippen molar-refractivity contribution < 1.29 is 4.52 Å². The number of nitrogens with one attached hydrogen (secondary N) is 1. The smallest absolute Gasteiger partial charge is 0.228 e. The fraction of sp³-hybridized carbons (Fsp3) is 0.609. The third-order valence-electron chi connectivity index (χ3n) is 5.36. The molecule has 164 valence electrons. The van der Waals surface area contributed by atoms with E-state index in [1.165, 1.54) is 43.6 Å². The lowest BCUT2D eigenvalue weighted by Crippen LogP contribution is -2.38. The first-order chi connectivity index (χ1) is 14.6. The molecule has 0 radical (unpaired) electrons. The van der Waals surface area contributed by atoms with Crippen LogP contribution >= 0.6 is 0 Å². The molecule has 0 aliphatic carbocycles. The van der Waals surface area contributed by atoms with Crippen molar-refractivity contribution in [3.63, 3.8) is 0 Å². The van der Waals surface area contributed by atoms with Crippen molar-refractivity contribution in [2.45, 2.75) is 58.9 Å². The van der Waals surface area contributed by atoms with E-state index >= 15 is 0 Å². The van der Waals surface area contributed by atoms with E-state index in [0.29, 0.717) is 18.9 Å². The number of guanidine groups is 1. The first-order valence-electron chi connectivity index (χ1n) is 11.2. The van der Waals surface area contributed by atoms with Gasteiger partial charge in [0.05, 0.1) is 6.54 Å². The zero-order chi connectivity index (χ0) is 21.3. The van der Waals surface area contributed by atoms with Crippen LogP contribution in [0.15, 0.2) is 33.8 Å². The maximum absolute atomic E-state index is 5.32. The minimum absolute atomic E-state index is 0.274. The minimum atomic E-state index is 0.274. The van der Waals surface area contributed by atoms with Gasteiger partial charge in [0.15, 0.2) is 11.8 Å².